The lowest BCUT2D eigenvalue weighted by atomic mass is 10.0. The number of nitrogens with zero attached hydrogens (tertiary/aromatic N) is 2. The lowest BCUT2D eigenvalue weighted by Gasteiger charge is -2.35. The fourth-order valence-electron chi connectivity index (χ4n) is 3.40. The Morgan fingerprint density at radius 3 is 2.36 bits per heavy atom. The predicted molar refractivity (Wildman–Crippen MR) is 109 cm³/mol. The second kappa shape index (κ2) is 9.66. The second-order valence-electron chi connectivity index (χ2n) is 7.26. The number of morpholine rings is 1. The summed E-state index contributed by atoms with van der Waals surface area (Å²) in [5.74, 6) is -0.354. The minimum absolute atomic E-state index is 0.0604. The number of anilines is 1. The van der Waals surface area contributed by atoms with Gasteiger partial charge in [-0.2, -0.15) is 0 Å². The summed E-state index contributed by atoms with van der Waals surface area (Å²) in [5, 5.41) is 3.05. The van der Waals surface area contributed by atoms with E-state index in [-0.39, 0.29) is 24.2 Å². The van der Waals surface area contributed by atoms with Crippen molar-refractivity contribution < 1.29 is 13.9 Å². The summed E-state index contributed by atoms with van der Waals surface area (Å²) in [6.07, 6.45) is 0.246. The summed E-state index contributed by atoms with van der Waals surface area (Å²) >= 11 is 0. The van der Waals surface area contributed by atoms with Crippen LogP contribution in [0.5, 0.6) is 0 Å². The van der Waals surface area contributed by atoms with Gasteiger partial charge in [0.25, 0.3) is 0 Å². The normalized spacial score (nSPS) is 15.8. The Bertz CT molecular complexity index is 756. The summed E-state index contributed by atoms with van der Waals surface area (Å²) < 4.78 is 18.5. The van der Waals surface area contributed by atoms with Crippen molar-refractivity contribution in [3.05, 3.63) is 65.5 Å². The largest absolute Gasteiger partial charge is 0.379 e. The first kappa shape index (κ1) is 20.3. The summed E-state index contributed by atoms with van der Waals surface area (Å²) in [5.41, 5.74) is 3.12. The van der Waals surface area contributed by atoms with Crippen molar-refractivity contribution >= 4 is 11.6 Å². The van der Waals surface area contributed by atoms with Crippen molar-refractivity contribution in [3.63, 3.8) is 0 Å². The maximum absolute atomic E-state index is 13.0. The number of ether oxygens (including phenoxy) is 1. The molecule has 0 spiro atoms. The summed E-state index contributed by atoms with van der Waals surface area (Å²) in [4.78, 5) is 16.8. The van der Waals surface area contributed by atoms with Gasteiger partial charge < -0.3 is 15.0 Å². The van der Waals surface area contributed by atoms with Gasteiger partial charge in [-0.15, -0.1) is 0 Å². The maximum Gasteiger partial charge on any atom is 0.224 e. The molecule has 1 saturated heterocycles. The number of nitrogens with one attached hydrogen (secondary N) is 1. The molecule has 5 nitrogen and oxygen atoms in total. The highest BCUT2D eigenvalue weighted by atomic mass is 19.1. The summed E-state index contributed by atoms with van der Waals surface area (Å²) in [7, 11) is 4.04. The Morgan fingerprint density at radius 2 is 1.75 bits per heavy atom. The van der Waals surface area contributed by atoms with E-state index in [9.17, 15) is 9.18 Å². The molecular weight excluding hydrogens is 357 g/mol. The molecule has 2 aromatic carbocycles. The minimum atomic E-state index is -0.294. The van der Waals surface area contributed by atoms with Crippen LogP contribution >= 0.6 is 0 Å². The highest BCUT2D eigenvalue weighted by Crippen LogP contribution is 2.24. The Morgan fingerprint density at radius 1 is 1.11 bits per heavy atom. The van der Waals surface area contributed by atoms with Crippen molar-refractivity contribution in [1.29, 1.82) is 0 Å². The van der Waals surface area contributed by atoms with Crippen LogP contribution in [0.2, 0.25) is 0 Å². The molecule has 1 fully saturated rings. The quantitative estimate of drug-likeness (QED) is 0.796. The third-order valence-corrected chi connectivity index (χ3v) is 5.05. The summed E-state index contributed by atoms with van der Waals surface area (Å²) in [6, 6.07) is 14.6. The van der Waals surface area contributed by atoms with Gasteiger partial charge >= 0.3 is 0 Å². The van der Waals surface area contributed by atoms with Gasteiger partial charge in [-0.3, -0.25) is 9.69 Å². The number of rotatable bonds is 7. The van der Waals surface area contributed by atoms with Gasteiger partial charge in [-0.25, -0.2) is 4.39 Å². The summed E-state index contributed by atoms with van der Waals surface area (Å²) in [6.45, 7) is 3.62. The van der Waals surface area contributed by atoms with Crippen LogP contribution in [-0.4, -0.2) is 57.8 Å². The smallest absolute Gasteiger partial charge is 0.224 e. The Balaban J connectivity index is 1.66. The molecule has 1 atom stereocenters. The van der Waals surface area contributed by atoms with Crippen LogP contribution in [0.3, 0.4) is 0 Å². The van der Waals surface area contributed by atoms with E-state index in [0.717, 1.165) is 24.3 Å². The molecular formula is C22H28FN3O2. The van der Waals surface area contributed by atoms with Crippen LogP contribution in [0.25, 0.3) is 0 Å². The number of benzene rings is 2. The Hall–Kier alpha value is -2.44. The number of carbonyl (C=O) groups is 1. The van der Waals surface area contributed by atoms with Crippen LogP contribution in [0.4, 0.5) is 10.1 Å². The monoisotopic (exact) mass is 385 g/mol. The molecule has 1 aliphatic heterocycles. The number of hydrogen-bond donors (Lipinski definition) is 1. The van der Waals surface area contributed by atoms with E-state index in [1.807, 2.05) is 14.1 Å². The topological polar surface area (TPSA) is 44.8 Å². The third-order valence-electron chi connectivity index (χ3n) is 5.05. The molecule has 2 aromatic rings. The van der Waals surface area contributed by atoms with Crippen molar-refractivity contribution in [3.8, 4) is 0 Å². The molecule has 0 aliphatic carbocycles. The van der Waals surface area contributed by atoms with E-state index < -0.39 is 0 Å². The van der Waals surface area contributed by atoms with E-state index in [0.29, 0.717) is 19.8 Å². The Kier molecular flexibility index (Phi) is 7.01. The van der Waals surface area contributed by atoms with Crippen LogP contribution in [0, 0.1) is 5.82 Å². The first-order valence-electron chi connectivity index (χ1n) is 9.63. The fraction of sp³-hybridized carbons (Fsp3) is 0.409. The van der Waals surface area contributed by atoms with Crippen molar-refractivity contribution in [2.45, 2.75) is 12.5 Å². The fourth-order valence-corrected chi connectivity index (χ4v) is 3.40. The second-order valence-corrected chi connectivity index (χ2v) is 7.26. The third kappa shape index (κ3) is 5.53. The molecule has 150 valence electrons. The highest BCUT2D eigenvalue weighted by Gasteiger charge is 2.23. The Labute approximate surface area is 166 Å². The number of amides is 1. The average molecular weight is 385 g/mol. The molecule has 1 aliphatic rings. The molecule has 1 amide bonds. The van der Waals surface area contributed by atoms with Gasteiger partial charge in [0.1, 0.15) is 5.82 Å². The number of carbonyl (C=O) groups excluding carboxylic acids is 1. The highest BCUT2D eigenvalue weighted by molar-refractivity contribution is 5.78. The maximum atomic E-state index is 13.0. The first-order chi connectivity index (χ1) is 13.5. The molecule has 1 N–H and O–H groups in total. The zero-order valence-electron chi connectivity index (χ0n) is 16.5. The lowest BCUT2D eigenvalue weighted by Crippen LogP contribution is -2.44. The molecule has 0 saturated carbocycles. The van der Waals surface area contributed by atoms with E-state index >= 15 is 0 Å². The van der Waals surface area contributed by atoms with Crippen molar-refractivity contribution in [2.24, 2.45) is 0 Å². The average Bonchev–Trinajstić information content (AvgIpc) is 2.71. The van der Waals surface area contributed by atoms with Crippen molar-refractivity contribution in [1.82, 2.24) is 10.2 Å². The molecule has 0 aromatic heterocycles. The standard InChI is InChI=1S/C22H28FN3O2/c1-25(2)20-9-5-18(6-10-20)21(26-11-13-28-14-12-26)16-24-22(27)15-17-3-7-19(23)8-4-17/h3-10,21H,11-16H2,1-2H3,(H,24,27)/t21-/m0/s1. The minimum Gasteiger partial charge on any atom is -0.379 e. The first-order valence-corrected chi connectivity index (χ1v) is 9.63. The van der Waals surface area contributed by atoms with Gasteiger partial charge in [0.15, 0.2) is 0 Å². The molecule has 0 radical (unpaired) electrons. The SMILES string of the molecule is CN(C)c1ccc([C@H](CNC(=O)Cc2ccc(F)cc2)N2CCOCC2)cc1. The molecule has 1 heterocycles. The van der Waals surface area contributed by atoms with Gasteiger partial charge in [-0.05, 0) is 35.4 Å². The zero-order valence-corrected chi connectivity index (χ0v) is 16.5. The van der Waals surface area contributed by atoms with Gasteiger partial charge in [0.2, 0.25) is 5.91 Å². The molecule has 3 rings (SSSR count). The molecule has 6 heteroatoms. The van der Waals surface area contributed by atoms with E-state index in [1.165, 1.54) is 17.7 Å². The van der Waals surface area contributed by atoms with Crippen molar-refractivity contribution in [2.75, 3.05) is 51.8 Å². The number of halogens is 1. The van der Waals surface area contributed by atoms with Crippen LogP contribution in [0.1, 0.15) is 17.2 Å². The van der Waals surface area contributed by atoms with Gasteiger partial charge in [-0.1, -0.05) is 24.3 Å². The van der Waals surface area contributed by atoms with E-state index in [4.69, 9.17) is 4.74 Å². The van der Waals surface area contributed by atoms with Crippen LogP contribution in [0.15, 0.2) is 48.5 Å². The lowest BCUT2D eigenvalue weighted by molar-refractivity contribution is -0.120. The van der Waals surface area contributed by atoms with E-state index in [1.54, 1.807) is 12.1 Å². The molecule has 0 bridgehead atoms. The zero-order chi connectivity index (χ0) is 19.9. The predicted octanol–water partition coefficient (Wildman–Crippen LogP) is 2.62. The van der Waals surface area contributed by atoms with E-state index in [2.05, 4.69) is 39.4 Å². The van der Waals surface area contributed by atoms with Crippen LogP contribution in [-0.2, 0) is 16.0 Å². The van der Waals surface area contributed by atoms with Gasteiger partial charge in [0, 0.05) is 39.4 Å². The van der Waals surface area contributed by atoms with Crippen LogP contribution < -0.4 is 10.2 Å². The number of hydrogen-bond acceptors (Lipinski definition) is 4. The molecule has 28 heavy (non-hydrogen) atoms. The van der Waals surface area contributed by atoms with Gasteiger partial charge in [0.05, 0.1) is 25.7 Å². The molecule has 0 unspecified atom stereocenters.